The van der Waals surface area contributed by atoms with Gasteiger partial charge in [-0.25, -0.2) is 9.59 Å². The zero-order valence-corrected chi connectivity index (χ0v) is 29.6. The number of hydrogen-bond donors (Lipinski definition) is 2. The van der Waals surface area contributed by atoms with Crippen LogP contribution >= 0.6 is 0 Å². The molecule has 1 aliphatic heterocycles. The molecule has 0 fully saturated rings. The number of aliphatic imine (C=N–C) groups is 2. The van der Waals surface area contributed by atoms with Crippen LogP contribution in [0.3, 0.4) is 0 Å². The molecule has 0 aromatic carbocycles. The highest BCUT2D eigenvalue weighted by atomic mass is 16.6. The van der Waals surface area contributed by atoms with Crippen molar-refractivity contribution in [2.24, 2.45) is 9.98 Å². The van der Waals surface area contributed by atoms with Crippen LogP contribution in [0.2, 0.25) is 0 Å². The van der Waals surface area contributed by atoms with Gasteiger partial charge in [-0.3, -0.25) is 10.3 Å². The summed E-state index contributed by atoms with van der Waals surface area (Å²) in [6, 6.07) is 0. The van der Waals surface area contributed by atoms with Gasteiger partial charge in [0.25, 0.3) is 0 Å². The van der Waals surface area contributed by atoms with E-state index in [1.807, 2.05) is 6.08 Å². The molecule has 0 aromatic rings. The molecule has 0 unspecified atom stereocenters. The van der Waals surface area contributed by atoms with Gasteiger partial charge in [-0.1, -0.05) is 63.4 Å². The average molecular weight is 630 g/mol. The summed E-state index contributed by atoms with van der Waals surface area (Å²) in [6.45, 7) is 16.3. The smallest absolute Gasteiger partial charge is 0.437 e. The summed E-state index contributed by atoms with van der Waals surface area (Å²) in [4.78, 5) is 35.7. The first-order valence-corrected chi connectivity index (χ1v) is 17.4. The minimum absolute atomic E-state index is 0.0246. The zero-order valence-electron chi connectivity index (χ0n) is 29.6. The van der Waals surface area contributed by atoms with Crippen molar-refractivity contribution in [3.05, 3.63) is 12.2 Å². The number of rotatable bonds is 17. The van der Waals surface area contributed by atoms with E-state index in [9.17, 15) is 9.59 Å². The molecule has 0 aliphatic carbocycles. The van der Waals surface area contributed by atoms with Gasteiger partial charge in [0.2, 0.25) is 5.96 Å². The van der Waals surface area contributed by atoms with Crippen LogP contribution in [0, 0.1) is 11.8 Å². The van der Waals surface area contributed by atoms with Gasteiger partial charge >= 0.3 is 12.2 Å². The minimum Gasteiger partial charge on any atom is -0.444 e. The number of allylic oxidation sites excluding steroid dienone is 2. The first-order valence-electron chi connectivity index (χ1n) is 17.4. The lowest BCUT2D eigenvalue weighted by Gasteiger charge is -2.29. The summed E-state index contributed by atoms with van der Waals surface area (Å²) in [5.74, 6) is 7.69. The molecular formula is C36H63N5O4. The van der Waals surface area contributed by atoms with E-state index >= 15 is 0 Å². The Morgan fingerprint density at radius 1 is 0.933 bits per heavy atom. The third-order valence-electron chi connectivity index (χ3n) is 6.84. The summed E-state index contributed by atoms with van der Waals surface area (Å²) in [5.41, 5.74) is -1.36. The molecule has 0 atom stereocenters. The fourth-order valence-corrected chi connectivity index (χ4v) is 4.69. The number of amidine groups is 1. The van der Waals surface area contributed by atoms with Crippen molar-refractivity contribution in [1.29, 1.82) is 0 Å². The highest BCUT2D eigenvalue weighted by Gasteiger charge is 2.20. The lowest BCUT2D eigenvalue weighted by Crippen LogP contribution is -2.44. The number of carbonyl (C=O) groups excluding carboxylic acids is 2. The van der Waals surface area contributed by atoms with Crippen LogP contribution in [-0.4, -0.2) is 66.3 Å². The van der Waals surface area contributed by atoms with Crippen molar-refractivity contribution in [3.63, 3.8) is 0 Å². The summed E-state index contributed by atoms with van der Waals surface area (Å²) in [7, 11) is 0. The second-order valence-electron chi connectivity index (χ2n) is 13.7. The van der Waals surface area contributed by atoms with Crippen molar-refractivity contribution in [3.8, 4) is 11.8 Å². The largest absolute Gasteiger partial charge is 0.444 e. The molecule has 0 aromatic heterocycles. The van der Waals surface area contributed by atoms with Crippen LogP contribution in [0.5, 0.6) is 0 Å². The van der Waals surface area contributed by atoms with Crippen molar-refractivity contribution < 1.29 is 19.1 Å². The van der Waals surface area contributed by atoms with Gasteiger partial charge < -0.3 is 19.7 Å². The minimum atomic E-state index is -0.777. The van der Waals surface area contributed by atoms with E-state index in [0.717, 1.165) is 58.2 Å². The van der Waals surface area contributed by atoms with Crippen LogP contribution in [0.1, 0.15) is 145 Å². The Morgan fingerprint density at radius 3 is 2.38 bits per heavy atom. The number of alkyl carbamates (subject to hydrolysis) is 1. The molecular weight excluding hydrogens is 566 g/mol. The third-order valence-corrected chi connectivity index (χ3v) is 6.84. The Bertz CT molecular complexity index is 996. The number of nitrogens with one attached hydrogen (secondary N) is 2. The van der Waals surface area contributed by atoms with Gasteiger partial charge in [-0.2, -0.15) is 0 Å². The molecule has 1 heterocycles. The van der Waals surface area contributed by atoms with Crippen molar-refractivity contribution in [2.75, 3.05) is 26.2 Å². The second kappa shape index (κ2) is 23.3. The monoisotopic (exact) mass is 629 g/mol. The van der Waals surface area contributed by atoms with Gasteiger partial charge in [0, 0.05) is 39.0 Å². The van der Waals surface area contributed by atoms with Crippen molar-refractivity contribution in [1.82, 2.24) is 15.5 Å². The van der Waals surface area contributed by atoms with Crippen LogP contribution in [0.4, 0.5) is 9.59 Å². The Morgan fingerprint density at radius 2 is 1.64 bits per heavy atom. The molecule has 2 amide bonds. The van der Waals surface area contributed by atoms with E-state index in [1.165, 1.54) is 63.6 Å². The van der Waals surface area contributed by atoms with E-state index in [0.29, 0.717) is 6.54 Å². The summed E-state index contributed by atoms with van der Waals surface area (Å²) in [6.07, 6.45) is 20.1. The number of amides is 2. The summed E-state index contributed by atoms with van der Waals surface area (Å²) in [5, 5.41) is 5.60. The normalized spacial score (nSPS) is 14.1. The van der Waals surface area contributed by atoms with E-state index in [1.54, 1.807) is 41.5 Å². The number of nitrogens with zero attached hydrogens (tertiary/aromatic N) is 3. The van der Waals surface area contributed by atoms with Crippen LogP contribution < -0.4 is 10.6 Å². The van der Waals surface area contributed by atoms with Gasteiger partial charge in [-0.05, 0) is 92.6 Å². The molecule has 9 nitrogen and oxygen atoms in total. The number of hydrogen-bond acceptors (Lipinski definition) is 6. The van der Waals surface area contributed by atoms with Gasteiger partial charge in [0.05, 0.1) is 5.84 Å². The average Bonchev–Trinajstić information content (AvgIpc) is 2.93. The van der Waals surface area contributed by atoms with E-state index in [4.69, 9.17) is 14.5 Å². The standard InChI is InChI=1S/C36H63N5O4/c1-8-9-10-11-12-13-14-15-16-17-18-19-20-21-22-26-31-37-28-25-30-41(31)29-24-23-27-38-32(39-33(42)44-35(2,3)4)40-34(43)45-36(5,6)7/h15-16H,8-12,17-30H2,1-7H3,(H2,38,39,40,42,43)/b16-15-. The first-order chi connectivity index (χ1) is 21.4. The summed E-state index contributed by atoms with van der Waals surface area (Å²) >= 11 is 0. The molecule has 0 saturated heterocycles. The second-order valence-corrected chi connectivity index (χ2v) is 13.7. The predicted octanol–water partition coefficient (Wildman–Crippen LogP) is 8.54. The fourth-order valence-electron chi connectivity index (χ4n) is 4.69. The topological polar surface area (TPSA) is 105 Å². The number of ether oxygens (including phenoxy) is 2. The van der Waals surface area contributed by atoms with Crippen LogP contribution in [-0.2, 0) is 9.47 Å². The molecule has 9 heteroatoms. The van der Waals surface area contributed by atoms with Crippen molar-refractivity contribution in [2.45, 2.75) is 156 Å². The predicted molar refractivity (Wildman–Crippen MR) is 187 cm³/mol. The Kier molecular flexibility index (Phi) is 20.7. The maximum atomic E-state index is 12.3. The van der Waals surface area contributed by atoms with E-state index < -0.39 is 23.4 Å². The quantitative estimate of drug-likeness (QED) is 0.0723. The molecule has 45 heavy (non-hydrogen) atoms. The molecule has 1 aliphatic rings. The van der Waals surface area contributed by atoms with Gasteiger partial charge in [0.15, 0.2) is 0 Å². The highest BCUT2D eigenvalue weighted by Crippen LogP contribution is 2.14. The highest BCUT2D eigenvalue weighted by molar-refractivity contribution is 5.98. The maximum absolute atomic E-state index is 12.3. The SMILES string of the molecule is CCCCCCC#C/C=C\CCCCCCCC1=NCCCN1CCCCNC(=NC(=O)OC(C)(C)C)NC(=O)OC(C)(C)C. The lowest BCUT2D eigenvalue weighted by molar-refractivity contribution is 0.0560. The van der Waals surface area contributed by atoms with E-state index in [2.05, 4.69) is 45.4 Å². The van der Waals surface area contributed by atoms with Gasteiger partial charge in [-0.15, -0.1) is 4.99 Å². The molecule has 0 bridgehead atoms. The fraction of sp³-hybridized carbons (Fsp3) is 0.778. The Hall–Kier alpha value is -3.02. The molecule has 0 saturated carbocycles. The summed E-state index contributed by atoms with van der Waals surface area (Å²) < 4.78 is 10.6. The molecule has 1 rings (SSSR count). The first kappa shape index (κ1) is 40.0. The molecule has 2 N–H and O–H groups in total. The van der Waals surface area contributed by atoms with E-state index in [-0.39, 0.29) is 5.96 Å². The lowest BCUT2D eigenvalue weighted by atomic mass is 10.1. The number of unbranched alkanes of at least 4 members (excludes halogenated alkanes) is 10. The molecule has 0 spiro atoms. The zero-order chi connectivity index (χ0) is 33.4. The maximum Gasteiger partial charge on any atom is 0.437 e. The Balaban J connectivity index is 2.33. The number of guanidine groups is 1. The number of carbonyl (C=O) groups is 2. The van der Waals surface area contributed by atoms with Gasteiger partial charge in [0.1, 0.15) is 11.2 Å². The van der Waals surface area contributed by atoms with Crippen molar-refractivity contribution >= 4 is 24.0 Å². The van der Waals surface area contributed by atoms with Crippen LogP contribution in [0.25, 0.3) is 0 Å². The molecule has 256 valence electrons. The Labute approximate surface area is 274 Å². The molecule has 0 radical (unpaired) electrons. The third kappa shape index (κ3) is 24.0. The van der Waals surface area contributed by atoms with Crippen LogP contribution in [0.15, 0.2) is 22.1 Å².